The molecular formula is C18H20N2O. The van der Waals surface area contributed by atoms with Gasteiger partial charge in [-0.15, -0.1) is 0 Å². The molecular weight excluding hydrogens is 260 g/mol. The van der Waals surface area contributed by atoms with Crippen molar-refractivity contribution in [2.24, 2.45) is 0 Å². The summed E-state index contributed by atoms with van der Waals surface area (Å²) in [5.41, 5.74) is 3.65. The molecule has 0 aliphatic rings. The van der Waals surface area contributed by atoms with Crippen LogP contribution in [0.4, 0.5) is 5.69 Å². The van der Waals surface area contributed by atoms with E-state index in [4.69, 9.17) is 10.00 Å². The van der Waals surface area contributed by atoms with Gasteiger partial charge in [0.2, 0.25) is 0 Å². The molecule has 0 radical (unpaired) electrons. The first-order valence-electron chi connectivity index (χ1n) is 7.11. The zero-order valence-electron chi connectivity index (χ0n) is 12.5. The zero-order valence-corrected chi connectivity index (χ0v) is 12.5. The highest BCUT2D eigenvalue weighted by atomic mass is 16.5. The quantitative estimate of drug-likeness (QED) is 0.856. The third-order valence-electron chi connectivity index (χ3n) is 3.30. The molecule has 2 aromatic rings. The van der Waals surface area contributed by atoms with Crippen LogP contribution in [0.3, 0.4) is 0 Å². The summed E-state index contributed by atoms with van der Waals surface area (Å²) in [4.78, 5) is 0. The lowest BCUT2D eigenvalue weighted by molar-refractivity contribution is 0.368. The van der Waals surface area contributed by atoms with Crippen molar-refractivity contribution in [1.29, 1.82) is 5.26 Å². The third kappa shape index (κ3) is 4.54. The van der Waals surface area contributed by atoms with Gasteiger partial charge in [-0.2, -0.15) is 5.26 Å². The highest BCUT2D eigenvalue weighted by Crippen LogP contribution is 2.18. The average Bonchev–Trinajstić information content (AvgIpc) is 2.52. The molecule has 0 fully saturated rings. The summed E-state index contributed by atoms with van der Waals surface area (Å²) in [7, 11) is 0. The summed E-state index contributed by atoms with van der Waals surface area (Å²) in [6, 6.07) is 18.3. The van der Waals surface area contributed by atoms with Crippen molar-refractivity contribution in [3.8, 4) is 11.8 Å². The Bertz CT molecular complexity index is 595. The van der Waals surface area contributed by atoms with Crippen LogP contribution in [-0.4, -0.2) is 6.61 Å². The minimum atomic E-state index is 0.0783. The lowest BCUT2D eigenvalue weighted by Gasteiger charge is -2.09. The van der Waals surface area contributed by atoms with Gasteiger partial charge in [0.15, 0.2) is 6.61 Å². The Balaban J connectivity index is 1.89. The molecule has 0 bridgehead atoms. The Morgan fingerprint density at radius 3 is 2.29 bits per heavy atom. The van der Waals surface area contributed by atoms with Crippen LogP contribution in [-0.2, 0) is 6.54 Å². The summed E-state index contributed by atoms with van der Waals surface area (Å²) in [6.07, 6.45) is 0. The number of hydrogen-bond acceptors (Lipinski definition) is 3. The van der Waals surface area contributed by atoms with E-state index < -0.39 is 0 Å². The average molecular weight is 280 g/mol. The third-order valence-corrected chi connectivity index (χ3v) is 3.30. The standard InChI is InChI=1S/C18H20N2O/c1-14(2)16-5-3-15(4-6-16)13-20-17-7-9-18(10-8-17)21-12-11-19/h3-10,14,20H,12-13H2,1-2H3. The fourth-order valence-corrected chi connectivity index (χ4v) is 2.01. The van der Waals surface area contributed by atoms with Crippen molar-refractivity contribution >= 4 is 5.69 Å². The number of rotatable bonds is 6. The SMILES string of the molecule is CC(C)c1ccc(CNc2ccc(OCC#N)cc2)cc1. The molecule has 0 atom stereocenters. The first kappa shape index (κ1) is 14.9. The van der Waals surface area contributed by atoms with Crippen LogP contribution >= 0.6 is 0 Å². The van der Waals surface area contributed by atoms with Crippen LogP contribution in [0.5, 0.6) is 5.75 Å². The number of ether oxygens (including phenoxy) is 1. The Morgan fingerprint density at radius 2 is 1.71 bits per heavy atom. The summed E-state index contributed by atoms with van der Waals surface area (Å²) in [6.45, 7) is 5.26. The van der Waals surface area contributed by atoms with E-state index in [1.807, 2.05) is 30.3 Å². The van der Waals surface area contributed by atoms with Crippen LogP contribution in [0, 0.1) is 11.3 Å². The van der Waals surface area contributed by atoms with Crippen molar-refractivity contribution in [3.63, 3.8) is 0 Å². The second-order valence-corrected chi connectivity index (χ2v) is 5.22. The molecule has 0 heterocycles. The lowest BCUT2D eigenvalue weighted by Crippen LogP contribution is -2.00. The molecule has 1 N–H and O–H groups in total. The maximum Gasteiger partial charge on any atom is 0.174 e. The number of nitrogens with one attached hydrogen (secondary N) is 1. The molecule has 3 nitrogen and oxygen atoms in total. The van der Waals surface area contributed by atoms with E-state index in [2.05, 4.69) is 43.4 Å². The number of nitriles is 1. The van der Waals surface area contributed by atoms with Crippen LogP contribution in [0.1, 0.15) is 30.9 Å². The molecule has 0 aromatic heterocycles. The molecule has 0 aliphatic carbocycles. The van der Waals surface area contributed by atoms with Crippen molar-refractivity contribution in [2.75, 3.05) is 11.9 Å². The number of nitrogens with zero attached hydrogens (tertiary/aromatic N) is 1. The Kier molecular flexibility index (Phi) is 5.22. The van der Waals surface area contributed by atoms with Crippen LogP contribution in [0.15, 0.2) is 48.5 Å². The van der Waals surface area contributed by atoms with Gasteiger partial charge >= 0.3 is 0 Å². The molecule has 0 unspecified atom stereocenters. The summed E-state index contributed by atoms with van der Waals surface area (Å²) in [5.74, 6) is 1.27. The van der Waals surface area contributed by atoms with Gasteiger partial charge < -0.3 is 10.1 Å². The van der Waals surface area contributed by atoms with Gasteiger partial charge in [0.05, 0.1) is 0 Å². The zero-order chi connectivity index (χ0) is 15.1. The van der Waals surface area contributed by atoms with Crippen molar-refractivity contribution < 1.29 is 4.74 Å². The summed E-state index contributed by atoms with van der Waals surface area (Å²) < 4.78 is 5.22. The van der Waals surface area contributed by atoms with E-state index in [1.54, 1.807) is 0 Å². The molecule has 0 saturated heterocycles. The number of hydrogen-bond donors (Lipinski definition) is 1. The summed E-state index contributed by atoms with van der Waals surface area (Å²) in [5, 5.41) is 11.8. The van der Waals surface area contributed by atoms with Gasteiger partial charge in [-0.1, -0.05) is 38.1 Å². The van der Waals surface area contributed by atoms with Gasteiger partial charge in [-0.3, -0.25) is 0 Å². The van der Waals surface area contributed by atoms with Gasteiger partial charge in [0.1, 0.15) is 11.8 Å². The molecule has 21 heavy (non-hydrogen) atoms. The number of anilines is 1. The molecule has 0 spiro atoms. The largest absolute Gasteiger partial charge is 0.479 e. The molecule has 0 saturated carbocycles. The first-order valence-corrected chi connectivity index (χ1v) is 7.11. The fraction of sp³-hybridized carbons (Fsp3) is 0.278. The lowest BCUT2D eigenvalue weighted by atomic mass is 10.0. The maximum absolute atomic E-state index is 8.46. The van der Waals surface area contributed by atoms with Crippen LogP contribution < -0.4 is 10.1 Å². The van der Waals surface area contributed by atoms with E-state index in [0.29, 0.717) is 11.7 Å². The minimum absolute atomic E-state index is 0.0783. The Hall–Kier alpha value is -2.47. The minimum Gasteiger partial charge on any atom is -0.479 e. The highest BCUT2D eigenvalue weighted by molar-refractivity contribution is 5.47. The van der Waals surface area contributed by atoms with Crippen LogP contribution in [0.2, 0.25) is 0 Å². The molecule has 2 rings (SSSR count). The highest BCUT2D eigenvalue weighted by Gasteiger charge is 1.99. The molecule has 0 aliphatic heterocycles. The number of benzene rings is 2. The van der Waals surface area contributed by atoms with E-state index in [0.717, 1.165) is 12.2 Å². The van der Waals surface area contributed by atoms with Crippen LogP contribution in [0.25, 0.3) is 0 Å². The van der Waals surface area contributed by atoms with E-state index in [9.17, 15) is 0 Å². The normalized spacial score (nSPS) is 10.2. The summed E-state index contributed by atoms with van der Waals surface area (Å²) >= 11 is 0. The topological polar surface area (TPSA) is 45.0 Å². The molecule has 108 valence electrons. The van der Waals surface area contributed by atoms with E-state index >= 15 is 0 Å². The smallest absolute Gasteiger partial charge is 0.174 e. The Morgan fingerprint density at radius 1 is 1.05 bits per heavy atom. The second-order valence-electron chi connectivity index (χ2n) is 5.22. The van der Waals surface area contributed by atoms with Gasteiger partial charge in [-0.25, -0.2) is 0 Å². The van der Waals surface area contributed by atoms with E-state index in [1.165, 1.54) is 11.1 Å². The molecule has 2 aromatic carbocycles. The fourth-order valence-electron chi connectivity index (χ4n) is 2.01. The molecule has 0 amide bonds. The van der Waals surface area contributed by atoms with Crippen molar-refractivity contribution in [1.82, 2.24) is 0 Å². The monoisotopic (exact) mass is 280 g/mol. The van der Waals surface area contributed by atoms with E-state index in [-0.39, 0.29) is 6.61 Å². The maximum atomic E-state index is 8.46. The predicted octanol–water partition coefficient (Wildman–Crippen LogP) is 4.32. The first-order chi connectivity index (χ1) is 10.2. The second kappa shape index (κ2) is 7.35. The molecule has 3 heteroatoms. The Labute approximate surface area is 126 Å². The predicted molar refractivity (Wildman–Crippen MR) is 85.4 cm³/mol. The van der Waals surface area contributed by atoms with Gasteiger partial charge in [-0.05, 0) is 41.3 Å². The van der Waals surface area contributed by atoms with Crippen molar-refractivity contribution in [2.45, 2.75) is 26.3 Å². The van der Waals surface area contributed by atoms with Crippen molar-refractivity contribution in [3.05, 3.63) is 59.7 Å². The van der Waals surface area contributed by atoms with Gasteiger partial charge in [0, 0.05) is 12.2 Å². The van der Waals surface area contributed by atoms with Gasteiger partial charge in [0.25, 0.3) is 0 Å².